The van der Waals surface area contributed by atoms with Gasteiger partial charge in [0, 0.05) is 0 Å². The van der Waals surface area contributed by atoms with Crippen molar-refractivity contribution in [2.45, 2.75) is 18.9 Å². The minimum Gasteiger partial charge on any atom is -0.454 e. The molecule has 2 aliphatic rings. The number of rotatable bonds is 0. The summed E-state index contributed by atoms with van der Waals surface area (Å²) in [7, 11) is 0. The Kier molecular flexibility index (Phi) is 0.583. The van der Waals surface area contributed by atoms with Gasteiger partial charge in [-0.05, 0) is 12.8 Å². The van der Waals surface area contributed by atoms with E-state index in [0.717, 1.165) is 18.4 Å². The molecule has 8 heavy (non-hydrogen) atoms. The summed E-state index contributed by atoms with van der Waals surface area (Å²) in [5.74, 6) is -0.104. The molecule has 1 aliphatic heterocycles. The molecule has 1 heterocycles. The Bertz CT molecular complexity index is 169. The van der Waals surface area contributed by atoms with Crippen molar-refractivity contribution in [2.75, 3.05) is 0 Å². The zero-order valence-corrected chi connectivity index (χ0v) is 4.39. The lowest BCUT2D eigenvalue weighted by atomic mass is 10.1. The van der Waals surface area contributed by atoms with Crippen molar-refractivity contribution in [3.8, 4) is 0 Å². The van der Waals surface area contributed by atoms with Crippen LogP contribution in [0.1, 0.15) is 12.8 Å². The van der Waals surface area contributed by atoms with Crippen LogP contribution in [-0.2, 0) is 9.53 Å². The fourth-order valence-electron chi connectivity index (χ4n) is 1.15. The molecule has 0 radical (unpaired) electrons. The molecular weight excluding hydrogens is 104 g/mol. The Labute approximate surface area is 47.1 Å². The molecule has 1 fully saturated rings. The monoisotopic (exact) mass is 110 g/mol. The fourth-order valence-corrected chi connectivity index (χ4v) is 1.15. The number of allylic oxidation sites excluding steroid dienone is 1. The predicted molar refractivity (Wildman–Crippen MR) is 27.2 cm³/mol. The fraction of sp³-hybridized carbons (Fsp3) is 0.500. The highest BCUT2D eigenvalue weighted by Crippen LogP contribution is 2.31. The van der Waals surface area contributed by atoms with Crippen LogP contribution in [0.25, 0.3) is 0 Å². The van der Waals surface area contributed by atoms with Gasteiger partial charge in [0.05, 0.1) is 5.57 Å². The van der Waals surface area contributed by atoms with Gasteiger partial charge in [0.1, 0.15) is 6.10 Å². The maximum atomic E-state index is 10.4. The summed E-state index contributed by atoms with van der Waals surface area (Å²) in [6.45, 7) is 0. The van der Waals surface area contributed by atoms with E-state index >= 15 is 0 Å². The van der Waals surface area contributed by atoms with Crippen molar-refractivity contribution >= 4 is 5.97 Å². The molecule has 1 atom stereocenters. The molecule has 2 heteroatoms. The highest BCUT2D eigenvalue weighted by Gasteiger charge is 2.37. The normalized spacial score (nSPS) is 32.8. The van der Waals surface area contributed by atoms with Gasteiger partial charge < -0.3 is 4.74 Å². The Morgan fingerprint density at radius 1 is 1.75 bits per heavy atom. The van der Waals surface area contributed by atoms with E-state index in [4.69, 9.17) is 4.74 Å². The van der Waals surface area contributed by atoms with E-state index in [9.17, 15) is 4.79 Å². The summed E-state index contributed by atoms with van der Waals surface area (Å²) < 4.78 is 4.76. The van der Waals surface area contributed by atoms with Gasteiger partial charge in [0.15, 0.2) is 0 Å². The Morgan fingerprint density at radius 3 is 3.12 bits per heavy atom. The second kappa shape index (κ2) is 1.13. The van der Waals surface area contributed by atoms with Crippen LogP contribution in [0.3, 0.4) is 0 Å². The third kappa shape index (κ3) is 0.312. The average Bonchev–Trinajstić information content (AvgIpc) is 2.09. The molecule has 0 amide bonds. The number of carbonyl (C=O) groups excluding carboxylic acids is 1. The largest absolute Gasteiger partial charge is 0.454 e. The van der Waals surface area contributed by atoms with Crippen LogP contribution < -0.4 is 0 Å². The van der Waals surface area contributed by atoms with Crippen LogP contribution in [0.4, 0.5) is 0 Å². The van der Waals surface area contributed by atoms with Gasteiger partial charge in [-0.3, -0.25) is 0 Å². The number of fused-ring (bicyclic) bond motifs is 1. The first-order valence-electron chi connectivity index (χ1n) is 2.79. The third-order valence-corrected chi connectivity index (χ3v) is 1.62. The van der Waals surface area contributed by atoms with Crippen molar-refractivity contribution in [1.29, 1.82) is 0 Å². The van der Waals surface area contributed by atoms with Crippen LogP contribution in [0.5, 0.6) is 0 Å². The second-order valence-electron chi connectivity index (χ2n) is 2.13. The molecular formula is C6H6O2. The lowest BCUT2D eigenvalue weighted by molar-refractivity contribution is -0.155. The molecule has 1 unspecified atom stereocenters. The SMILES string of the molecule is O=C1OC2CCC=C12. The van der Waals surface area contributed by atoms with Crippen molar-refractivity contribution in [3.63, 3.8) is 0 Å². The number of ether oxygens (including phenoxy) is 1. The minimum absolute atomic E-state index is 0.104. The molecule has 0 N–H and O–H groups in total. The van der Waals surface area contributed by atoms with Gasteiger partial charge in [0.25, 0.3) is 0 Å². The van der Waals surface area contributed by atoms with E-state index in [2.05, 4.69) is 0 Å². The lowest BCUT2D eigenvalue weighted by Crippen LogP contribution is -2.33. The summed E-state index contributed by atoms with van der Waals surface area (Å²) in [5.41, 5.74) is 0.907. The minimum atomic E-state index is -0.104. The molecule has 2 rings (SSSR count). The predicted octanol–water partition coefficient (Wildman–Crippen LogP) is 0.632. The maximum Gasteiger partial charge on any atom is 0.338 e. The Hall–Kier alpha value is -0.790. The van der Waals surface area contributed by atoms with Gasteiger partial charge in [-0.1, -0.05) is 6.08 Å². The van der Waals surface area contributed by atoms with Crippen molar-refractivity contribution in [2.24, 2.45) is 0 Å². The van der Waals surface area contributed by atoms with Crippen molar-refractivity contribution in [1.82, 2.24) is 0 Å². The van der Waals surface area contributed by atoms with Gasteiger partial charge in [0.2, 0.25) is 0 Å². The first-order valence-corrected chi connectivity index (χ1v) is 2.79. The van der Waals surface area contributed by atoms with E-state index in [1.807, 2.05) is 6.08 Å². The summed E-state index contributed by atoms with van der Waals surface area (Å²) in [6.07, 6.45) is 4.19. The molecule has 0 aromatic heterocycles. The Balaban J connectivity index is 2.29. The molecule has 2 nitrogen and oxygen atoms in total. The van der Waals surface area contributed by atoms with Gasteiger partial charge in [-0.15, -0.1) is 0 Å². The van der Waals surface area contributed by atoms with Crippen LogP contribution in [0, 0.1) is 0 Å². The van der Waals surface area contributed by atoms with E-state index in [0.29, 0.717) is 0 Å². The van der Waals surface area contributed by atoms with Crippen LogP contribution in [0.15, 0.2) is 11.6 Å². The number of carbonyl (C=O) groups is 1. The summed E-state index contributed by atoms with van der Waals surface area (Å²) in [6, 6.07) is 0. The molecule has 0 bridgehead atoms. The first kappa shape index (κ1) is 4.13. The smallest absolute Gasteiger partial charge is 0.338 e. The number of esters is 1. The number of hydrogen-bond acceptors (Lipinski definition) is 2. The number of hydrogen-bond donors (Lipinski definition) is 0. The highest BCUT2D eigenvalue weighted by molar-refractivity contribution is 5.96. The molecule has 0 aromatic carbocycles. The van der Waals surface area contributed by atoms with E-state index in [1.165, 1.54) is 0 Å². The molecule has 1 saturated heterocycles. The van der Waals surface area contributed by atoms with Crippen molar-refractivity contribution < 1.29 is 9.53 Å². The van der Waals surface area contributed by atoms with Crippen molar-refractivity contribution in [3.05, 3.63) is 11.6 Å². The molecule has 42 valence electrons. The van der Waals surface area contributed by atoms with E-state index < -0.39 is 0 Å². The standard InChI is InChI=1S/C6H6O2/c7-6-4-2-1-3-5(4)8-6/h2,5H,1,3H2. The topological polar surface area (TPSA) is 26.3 Å². The summed E-state index contributed by atoms with van der Waals surface area (Å²) >= 11 is 0. The van der Waals surface area contributed by atoms with Crippen LogP contribution in [0.2, 0.25) is 0 Å². The first-order chi connectivity index (χ1) is 3.88. The van der Waals surface area contributed by atoms with E-state index in [-0.39, 0.29) is 12.1 Å². The highest BCUT2D eigenvalue weighted by atomic mass is 16.6. The molecule has 0 saturated carbocycles. The third-order valence-electron chi connectivity index (χ3n) is 1.62. The molecule has 0 spiro atoms. The van der Waals surface area contributed by atoms with Crippen LogP contribution >= 0.6 is 0 Å². The zero-order chi connectivity index (χ0) is 5.56. The Morgan fingerprint density at radius 2 is 2.62 bits per heavy atom. The summed E-state index contributed by atoms with van der Waals surface area (Å²) in [4.78, 5) is 10.4. The quantitative estimate of drug-likeness (QED) is 0.427. The molecule has 1 aliphatic carbocycles. The zero-order valence-electron chi connectivity index (χ0n) is 4.39. The summed E-state index contributed by atoms with van der Waals surface area (Å²) in [5, 5.41) is 0. The lowest BCUT2D eigenvalue weighted by Gasteiger charge is -2.23. The van der Waals surface area contributed by atoms with Gasteiger partial charge in [-0.25, -0.2) is 4.79 Å². The average molecular weight is 110 g/mol. The van der Waals surface area contributed by atoms with Gasteiger partial charge in [-0.2, -0.15) is 0 Å². The van der Waals surface area contributed by atoms with E-state index in [1.54, 1.807) is 0 Å². The maximum absolute atomic E-state index is 10.4. The second-order valence-corrected chi connectivity index (χ2v) is 2.13. The van der Waals surface area contributed by atoms with Gasteiger partial charge >= 0.3 is 5.97 Å². The van der Waals surface area contributed by atoms with Crippen LogP contribution in [-0.4, -0.2) is 12.1 Å². The molecule has 0 aromatic rings.